The molecule has 5 heteroatoms. The summed E-state index contributed by atoms with van der Waals surface area (Å²) in [7, 11) is 1.96. The van der Waals surface area contributed by atoms with E-state index in [1.807, 2.05) is 30.1 Å². The number of aryl methyl sites for hydroxylation is 1. The number of hydrogen-bond donors (Lipinski definition) is 0. The minimum Gasteiger partial charge on any atom is -0.342 e. The maximum Gasteiger partial charge on any atom is 0.233 e. The van der Waals surface area contributed by atoms with E-state index in [9.17, 15) is 4.79 Å². The summed E-state index contributed by atoms with van der Waals surface area (Å²) in [5.41, 5.74) is 2.15. The Morgan fingerprint density at radius 1 is 1.30 bits per heavy atom. The first-order valence-electron chi connectivity index (χ1n) is 8.54. The smallest absolute Gasteiger partial charge is 0.233 e. The van der Waals surface area contributed by atoms with Crippen LogP contribution in [-0.4, -0.2) is 39.2 Å². The van der Waals surface area contributed by atoms with Crippen molar-refractivity contribution in [1.29, 1.82) is 0 Å². The number of aromatic nitrogens is 2. The molecule has 1 amide bonds. The van der Waals surface area contributed by atoms with Gasteiger partial charge in [0.25, 0.3) is 0 Å². The molecule has 1 fully saturated rings. The van der Waals surface area contributed by atoms with Crippen LogP contribution in [0, 0.1) is 0 Å². The van der Waals surface area contributed by atoms with Crippen LogP contribution >= 0.6 is 11.8 Å². The Labute approximate surface area is 142 Å². The number of para-hydroxylation sites is 2. The predicted molar refractivity (Wildman–Crippen MR) is 95.8 cm³/mol. The van der Waals surface area contributed by atoms with E-state index < -0.39 is 0 Å². The lowest BCUT2D eigenvalue weighted by Gasteiger charge is -2.31. The number of rotatable bonds is 5. The highest BCUT2D eigenvalue weighted by molar-refractivity contribution is 7.99. The minimum atomic E-state index is 0.219. The molecule has 0 N–H and O–H groups in total. The van der Waals surface area contributed by atoms with Crippen molar-refractivity contribution in [3.05, 3.63) is 24.3 Å². The lowest BCUT2D eigenvalue weighted by Crippen LogP contribution is -2.39. The SMILES string of the molecule is CCn1c(SCC(=O)N(C)C2CCCCC2)nc2ccccc21. The van der Waals surface area contributed by atoms with Gasteiger partial charge in [0.1, 0.15) is 0 Å². The number of fused-ring (bicyclic) bond motifs is 1. The second-order valence-electron chi connectivity index (χ2n) is 6.21. The molecule has 0 aliphatic heterocycles. The lowest BCUT2D eigenvalue weighted by atomic mass is 9.94. The maximum atomic E-state index is 12.5. The molecule has 3 rings (SSSR count). The molecule has 0 bridgehead atoms. The highest BCUT2D eigenvalue weighted by Crippen LogP contribution is 2.26. The Morgan fingerprint density at radius 3 is 2.78 bits per heavy atom. The van der Waals surface area contributed by atoms with Crippen molar-refractivity contribution in [2.45, 2.75) is 56.8 Å². The summed E-state index contributed by atoms with van der Waals surface area (Å²) in [5.74, 6) is 0.688. The van der Waals surface area contributed by atoms with Gasteiger partial charge in [0.2, 0.25) is 5.91 Å². The zero-order valence-corrected chi connectivity index (χ0v) is 14.8. The van der Waals surface area contributed by atoms with Crippen molar-refractivity contribution in [3.63, 3.8) is 0 Å². The Morgan fingerprint density at radius 2 is 2.04 bits per heavy atom. The molecular weight excluding hydrogens is 306 g/mol. The van der Waals surface area contributed by atoms with Crippen molar-refractivity contribution in [2.24, 2.45) is 0 Å². The van der Waals surface area contributed by atoms with Gasteiger partial charge in [-0.05, 0) is 31.9 Å². The number of nitrogens with zero attached hydrogens (tertiary/aromatic N) is 3. The van der Waals surface area contributed by atoms with Gasteiger partial charge >= 0.3 is 0 Å². The summed E-state index contributed by atoms with van der Waals surface area (Å²) in [5, 5.41) is 0.944. The quantitative estimate of drug-likeness (QED) is 0.779. The molecule has 1 saturated carbocycles. The van der Waals surface area contributed by atoms with Gasteiger partial charge in [-0.1, -0.05) is 43.2 Å². The molecule has 1 aromatic heterocycles. The van der Waals surface area contributed by atoms with Crippen molar-refractivity contribution in [1.82, 2.24) is 14.5 Å². The van der Waals surface area contributed by atoms with Gasteiger partial charge in [0, 0.05) is 19.6 Å². The third kappa shape index (κ3) is 3.55. The van der Waals surface area contributed by atoms with Gasteiger partial charge in [-0.3, -0.25) is 4.79 Å². The Balaban J connectivity index is 1.66. The van der Waals surface area contributed by atoms with E-state index in [0.717, 1.165) is 35.6 Å². The average molecular weight is 331 g/mol. The number of imidazole rings is 1. The van der Waals surface area contributed by atoms with Crippen molar-refractivity contribution in [2.75, 3.05) is 12.8 Å². The summed E-state index contributed by atoms with van der Waals surface area (Å²) in [4.78, 5) is 19.1. The molecule has 2 aromatic rings. The summed E-state index contributed by atoms with van der Waals surface area (Å²) < 4.78 is 2.19. The molecule has 0 saturated heterocycles. The first kappa shape index (κ1) is 16.4. The molecule has 1 heterocycles. The van der Waals surface area contributed by atoms with Crippen LogP contribution in [-0.2, 0) is 11.3 Å². The molecule has 124 valence electrons. The highest BCUT2D eigenvalue weighted by atomic mass is 32.2. The number of amides is 1. The Kier molecular flexibility index (Phi) is 5.26. The summed E-state index contributed by atoms with van der Waals surface area (Å²) >= 11 is 1.56. The Bertz CT molecular complexity index is 676. The van der Waals surface area contributed by atoms with Crippen LogP contribution in [0.4, 0.5) is 0 Å². The van der Waals surface area contributed by atoms with Crippen LogP contribution < -0.4 is 0 Å². The zero-order valence-electron chi connectivity index (χ0n) is 14.0. The van der Waals surface area contributed by atoms with Crippen molar-refractivity contribution in [3.8, 4) is 0 Å². The molecule has 23 heavy (non-hydrogen) atoms. The molecule has 0 atom stereocenters. The standard InChI is InChI=1S/C18H25N3OS/c1-3-21-16-12-8-7-11-15(16)19-18(21)23-13-17(22)20(2)14-9-5-4-6-10-14/h7-8,11-12,14H,3-6,9-10,13H2,1-2H3. The molecule has 1 aliphatic rings. The van der Waals surface area contributed by atoms with Gasteiger partial charge in [-0.2, -0.15) is 0 Å². The van der Waals surface area contributed by atoms with Gasteiger partial charge in [-0.25, -0.2) is 4.98 Å². The van der Waals surface area contributed by atoms with Crippen LogP contribution in [0.5, 0.6) is 0 Å². The molecule has 4 nitrogen and oxygen atoms in total. The van der Waals surface area contributed by atoms with Crippen molar-refractivity contribution < 1.29 is 4.79 Å². The maximum absolute atomic E-state index is 12.5. The van der Waals surface area contributed by atoms with E-state index in [1.54, 1.807) is 11.8 Å². The van der Waals surface area contributed by atoms with Crippen LogP contribution in [0.3, 0.4) is 0 Å². The monoisotopic (exact) mass is 331 g/mol. The number of hydrogen-bond acceptors (Lipinski definition) is 3. The van der Waals surface area contributed by atoms with Crippen molar-refractivity contribution >= 4 is 28.7 Å². The van der Waals surface area contributed by atoms with Crippen LogP contribution in [0.1, 0.15) is 39.0 Å². The third-order valence-corrected chi connectivity index (χ3v) is 5.74. The fourth-order valence-corrected chi connectivity index (χ4v) is 4.37. The van der Waals surface area contributed by atoms with E-state index in [4.69, 9.17) is 0 Å². The van der Waals surface area contributed by atoms with E-state index >= 15 is 0 Å². The Hall–Kier alpha value is -1.49. The minimum absolute atomic E-state index is 0.219. The van der Waals surface area contributed by atoms with Crippen LogP contribution in [0.15, 0.2) is 29.4 Å². The van der Waals surface area contributed by atoms with Crippen LogP contribution in [0.2, 0.25) is 0 Å². The van der Waals surface area contributed by atoms with Gasteiger partial charge in [-0.15, -0.1) is 0 Å². The van der Waals surface area contributed by atoms with E-state index in [0.29, 0.717) is 11.8 Å². The highest BCUT2D eigenvalue weighted by Gasteiger charge is 2.22. The fraction of sp³-hybridized carbons (Fsp3) is 0.556. The first-order chi connectivity index (χ1) is 11.2. The lowest BCUT2D eigenvalue weighted by molar-refractivity contribution is -0.129. The van der Waals surface area contributed by atoms with Crippen LogP contribution in [0.25, 0.3) is 11.0 Å². The summed E-state index contributed by atoms with van der Waals surface area (Å²) in [6.07, 6.45) is 6.12. The predicted octanol–water partition coefficient (Wildman–Crippen LogP) is 3.94. The molecular formula is C18H25N3OS. The third-order valence-electron chi connectivity index (χ3n) is 4.78. The normalized spacial score (nSPS) is 15.9. The molecule has 0 spiro atoms. The molecule has 0 unspecified atom stereocenters. The van der Waals surface area contributed by atoms with Gasteiger partial charge < -0.3 is 9.47 Å². The fourth-order valence-electron chi connectivity index (χ4n) is 3.37. The number of benzene rings is 1. The average Bonchev–Trinajstić information content (AvgIpc) is 2.97. The van der Waals surface area contributed by atoms with E-state index in [-0.39, 0.29) is 5.91 Å². The second-order valence-corrected chi connectivity index (χ2v) is 7.16. The number of carbonyl (C=O) groups is 1. The van der Waals surface area contributed by atoms with Gasteiger partial charge in [0.15, 0.2) is 5.16 Å². The largest absolute Gasteiger partial charge is 0.342 e. The molecule has 1 aliphatic carbocycles. The molecule has 1 aromatic carbocycles. The second kappa shape index (κ2) is 7.39. The topological polar surface area (TPSA) is 38.1 Å². The zero-order chi connectivity index (χ0) is 16.2. The van der Waals surface area contributed by atoms with E-state index in [1.165, 1.54) is 19.3 Å². The first-order valence-corrected chi connectivity index (χ1v) is 9.53. The van der Waals surface area contributed by atoms with E-state index in [2.05, 4.69) is 22.5 Å². The number of thioether (sulfide) groups is 1. The summed E-state index contributed by atoms with van der Waals surface area (Å²) in [6, 6.07) is 8.59. The summed E-state index contributed by atoms with van der Waals surface area (Å²) in [6.45, 7) is 2.99. The number of carbonyl (C=O) groups excluding carboxylic acids is 1. The molecule has 0 radical (unpaired) electrons. The van der Waals surface area contributed by atoms with Gasteiger partial charge in [0.05, 0.1) is 16.8 Å².